The molecule has 0 unspecified atom stereocenters. The van der Waals surface area contributed by atoms with E-state index in [4.69, 9.17) is 14.0 Å². The lowest BCUT2D eigenvalue weighted by molar-refractivity contribution is 0.0937. The summed E-state index contributed by atoms with van der Waals surface area (Å²) in [4.78, 5) is 16.1. The van der Waals surface area contributed by atoms with Crippen LogP contribution in [0.2, 0.25) is 0 Å². The van der Waals surface area contributed by atoms with Crippen LogP contribution in [-0.4, -0.2) is 22.8 Å². The number of nitrogens with one attached hydrogen (secondary N) is 1. The van der Waals surface area contributed by atoms with Crippen molar-refractivity contribution in [1.29, 1.82) is 0 Å². The van der Waals surface area contributed by atoms with Crippen molar-refractivity contribution >= 4 is 5.91 Å². The number of fused-ring (bicyclic) bond motifs is 1. The fourth-order valence-electron chi connectivity index (χ4n) is 2.38. The lowest BCUT2D eigenvalue weighted by atomic mass is 10.2. The van der Waals surface area contributed by atoms with Gasteiger partial charge in [-0.3, -0.25) is 4.79 Å². The van der Waals surface area contributed by atoms with E-state index in [2.05, 4.69) is 15.5 Å². The van der Waals surface area contributed by atoms with Crippen LogP contribution in [-0.2, 0) is 6.54 Å². The van der Waals surface area contributed by atoms with Crippen molar-refractivity contribution in [3.63, 3.8) is 0 Å². The number of halogens is 2. The van der Waals surface area contributed by atoms with E-state index < -0.39 is 17.5 Å². The molecule has 0 radical (unpaired) electrons. The molecule has 1 aliphatic rings. The average molecular weight is 359 g/mol. The molecular formula is C17H11F2N3O4. The minimum atomic E-state index is -0.750. The first-order chi connectivity index (χ1) is 12.6. The van der Waals surface area contributed by atoms with Gasteiger partial charge in [-0.2, -0.15) is 4.98 Å². The highest BCUT2D eigenvalue weighted by molar-refractivity contribution is 5.90. The number of aromatic nitrogens is 2. The van der Waals surface area contributed by atoms with Gasteiger partial charge in [0.2, 0.25) is 6.79 Å². The average Bonchev–Trinajstić information content (AvgIpc) is 3.29. The highest BCUT2D eigenvalue weighted by atomic mass is 19.1. The number of benzene rings is 2. The molecule has 0 bridgehead atoms. The van der Waals surface area contributed by atoms with Gasteiger partial charge in [0.15, 0.2) is 11.5 Å². The third-order valence-corrected chi connectivity index (χ3v) is 3.70. The molecule has 2 heterocycles. The van der Waals surface area contributed by atoms with Crippen LogP contribution in [0.5, 0.6) is 11.5 Å². The van der Waals surface area contributed by atoms with Gasteiger partial charge in [-0.15, -0.1) is 0 Å². The second-order valence-electron chi connectivity index (χ2n) is 5.41. The zero-order chi connectivity index (χ0) is 18.1. The van der Waals surface area contributed by atoms with Crippen LogP contribution in [0.3, 0.4) is 0 Å². The molecule has 2 aromatic carbocycles. The molecule has 132 valence electrons. The van der Waals surface area contributed by atoms with E-state index in [0.717, 1.165) is 12.1 Å². The van der Waals surface area contributed by atoms with Crippen molar-refractivity contribution in [3.8, 4) is 23.0 Å². The molecule has 1 amide bonds. The Bertz CT molecular complexity index is 990. The minimum Gasteiger partial charge on any atom is -0.454 e. The first-order valence-electron chi connectivity index (χ1n) is 7.56. The number of hydrogen-bond donors (Lipinski definition) is 1. The summed E-state index contributed by atoms with van der Waals surface area (Å²) in [6, 6.07) is 8.14. The van der Waals surface area contributed by atoms with Gasteiger partial charge in [0, 0.05) is 23.7 Å². The maximum absolute atomic E-state index is 13.6. The van der Waals surface area contributed by atoms with Crippen LogP contribution in [0.1, 0.15) is 16.2 Å². The van der Waals surface area contributed by atoms with Gasteiger partial charge in [-0.25, -0.2) is 8.78 Å². The van der Waals surface area contributed by atoms with Gasteiger partial charge in [0.1, 0.15) is 11.6 Å². The predicted octanol–water partition coefficient (Wildman–Crippen LogP) is 2.67. The summed E-state index contributed by atoms with van der Waals surface area (Å²) in [7, 11) is 0. The standard InChI is InChI=1S/C17H11F2N3O4/c18-11-3-1-10(12(19)6-11)7-20-16(23)15-21-17(26-22-15)9-2-4-13-14(5-9)25-8-24-13/h1-6H,7-8H2,(H,20,23). The predicted molar refractivity (Wildman–Crippen MR) is 83.4 cm³/mol. The Hall–Kier alpha value is -3.49. The SMILES string of the molecule is O=C(NCc1ccc(F)cc1F)c1noc(-c2ccc3c(c2)OCO3)n1. The normalized spacial score (nSPS) is 12.2. The zero-order valence-corrected chi connectivity index (χ0v) is 13.2. The maximum atomic E-state index is 13.6. The molecule has 0 fully saturated rings. The lowest BCUT2D eigenvalue weighted by Gasteiger charge is -2.04. The van der Waals surface area contributed by atoms with E-state index in [1.165, 1.54) is 6.07 Å². The van der Waals surface area contributed by atoms with Crippen molar-refractivity contribution in [1.82, 2.24) is 15.5 Å². The van der Waals surface area contributed by atoms with Crippen LogP contribution in [0.4, 0.5) is 8.78 Å². The number of ether oxygens (including phenoxy) is 2. The summed E-state index contributed by atoms with van der Waals surface area (Å²) in [6.07, 6.45) is 0. The van der Waals surface area contributed by atoms with Gasteiger partial charge in [-0.05, 0) is 24.3 Å². The number of hydrogen-bond acceptors (Lipinski definition) is 6. The largest absolute Gasteiger partial charge is 0.454 e. The van der Waals surface area contributed by atoms with Crippen molar-refractivity contribution in [3.05, 3.63) is 59.4 Å². The van der Waals surface area contributed by atoms with Crippen molar-refractivity contribution in [2.24, 2.45) is 0 Å². The number of carbonyl (C=O) groups excluding carboxylic acids is 1. The van der Waals surface area contributed by atoms with Gasteiger partial charge < -0.3 is 19.3 Å². The number of carbonyl (C=O) groups is 1. The summed E-state index contributed by atoms with van der Waals surface area (Å²) < 4.78 is 42.0. The number of rotatable bonds is 4. The maximum Gasteiger partial charge on any atom is 0.292 e. The van der Waals surface area contributed by atoms with Crippen molar-refractivity contribution < 1.29 is 27.6 Å². The monoisotopic (exact) mass is 359 g/mol. The summed E-state index contributed by atoms with van der Waals surface area (Å²) in [5, 5.41) is 6.06. The van der Waals surface area contributed by atoms with Gasteiger partial charge in [0.25, 0.3) is 17.6 Å². The molecule has 1 N–H and O–H groups in total. The van der Waals surface area contributed by atoms with Crippen molar-refractivity contribution in [2.45, 2.75) is 6.54 Å². The topological polar surface area (TPSA) is 86.5 Å². The Morgan fingerprint density at radius 3 is 2.81 bits per heavy atom. The molecule has 0 spiro atoms. The summed E-state index contributed by atoms with van der Waals surface area (Å²) in [5.74, 6) is -1.03. The Kier molecular flexibility index (Phi) is 3.96. The molecule has 0 atom stereocenters. The second kappa shape index (κ2) is 6.43. The van der Waals surface area contributed by atoms with Crippen molar-refractivity contribution in [2.75, 3.05) is 6.79 Å². The first-order valence-corrected chi connectivity index (χ1v) is 7.56. The molecule has 0 saturated carbocycles. The summed E-state index contributed by atoms with van der Waals surface area (Å²) >= 11 is 0. The van der Waals surface area contributed by atoms with E-state index in [1.54, 1.807) is 18.2 Å². The lowest BCUT2D eigenvalue weighted by Crippen LogP contribution is -2.24. The van der Waals surface area contributed by atoms with Gasteiger partial charge in [-0.1, -0.05) is 11.2 Å². The van der Waals surface area contributed by atoms with Gasteiger partial charge in [0.05, 0.1) is 0 Å². The quantitative estimate of drug-likeness (QED) is 0.771. The molecule has 26 heavy (non-hydrogen) atoms. The summed E-state index contributed by atoms with van der Waals surface area (Å²) in [5.41, 5.74) is 0.699. The molecule has 9 heteroatoms. The van der Waals surface area contributed by atoms with Gasteiger partial charge >= 0.3 is 0 Å². The van der Waals surface area contributed by atoms with E-state index in [1.807, 2.05) is 0 Å². The Morgan fingerprint density at radius 1 is 1.12 bits per heavy atom. The van der Waals surface area contributed by atoms with E-state index in [-0.39, 0.29) is 30.6 Å². The van der Waals surface area contributed by atoms with Crippen LogP contribution in [0.25, 0.3) is 11.5 Å². The number of nitrogens with zero attached hydrogens (tertiary/aromatic N) is 2. The number of amides is 1. The zero-order valence-electron chi connectivity index (χ0n) is 13.2. The molecular weight excluding hydrogens is 348 g/mol. The third-order valence-electron chi connectivity index (χ3n) is 3.70. The second-order valence-corrected chi connectivity index (χ2v) is 5.41. The molecule has 7 nitrogen and oxygen atoms in total. The molecule has 3 aromatic rings. The fourth-order valence-corrected chi connectivity index (χ4v) is 2.38. The Balaban J connectivity index is 1.46. The van der Waals surface area contributed by atoms with Crippen LogP contribution >= 0.6 is 0 Å². The Labute approximate surface area is 145 Å². The third kappa shape index (κ3) is 3.06. The molecule has 4 rings (SSSR count). The van der Waals surface area contributed by atoms with E-state index in [9.17, 15) is 13.6 Å². The van der Waals surface area contributed by atoms with Crippen LogP contribution < -0.4 is 14.8 Å². The first kappa shape index (κ1) is 16.0. The minimum absolute atomic E-state index is 0.126. The molecule has 1 aromatic heterocycles. The van der Waals surface area contributed by atoms with Crippen LogP contribution in [0.15, 0.2) is 40.9 Å². The Morgan fingerprint density at radius 2 is 1.96 bits per heavy atom. The highest BCUT2D eigenvalue weighted by Gasteiger charge is 2.19. The molecule has 0 aliphatic carbocycles. The van der Waals surface area contributed by atoms with Crippen LogP contribution in [0, 0.1) is 11.6 Å². The van der Waals surface area contributed by atoms with E-state index >= 15 is 0 Å². The highest BCUT2D eigenvalue weighted by Crippen LogP contribution is 2.35. The fraction of sp³-hybridized carbons (Fsp3) is 0.118. The summed E-state index contributed by atoms with van der Waals surface area (Å²) in [6.45, 7) is -0.00490. The van der Waals surface area contributed by atoms with E-state index in [0.29, 0.717) is 17.1 Å². The molecule has 1 aliphatic heterocycles. The smallest absolute Gasteiger partial charge is 0.292 e. The molecule has 0 saturated heterocycles.